The first kappa shape index (κ1) is 28.2. The van der Waals surface area contributed by atoms with Gasteiger partial charge in [-0.15, -0.1) is 0 Å². The Morgan fingerprint density at radius 3 is 2.17 bits per heavy atom. The second-order valence-electron chi connectivity index (χ2n) is 10.1. The molecule has 218 valence electrons. The van der Waals surface area contributed by atoms with Crippen molar-refractivity contribution in [2.75, 3.05) is 66.6 Å². The Morgan fingerprint density at radius 2 is 1.61 bits per heavy atom. The maximum Gasteiger partial charge on any atom is 0.276 e. The van der Waals surface area contributed by atoms with Crippen LogP contribution in [-0.4, -0.2) is 83.3 Å². The highest BCUT2D eigenvalue weighted by atomic mass is 19.1. The van der Waals surface area contributed by atoms with Crippen LogP contribution in [0.4, 0.5) is 10.1 Å². The van der Waals surface area contributed by atoms with Gasteiger partial charge >= 0.3 is 0 Å². The molecule has 0 bridgehead atoms. The third-order valence-electron chi connectivity index (χ3n) is 7.47. The van der Waals surface area contributed by atoms with E-state index in [9.17, 15) is 9.59 Å². The average Bonchev–Trinajstić information content (AvgIpc) is 3.82. The number of methoxy groups -OCH3 is 4. The average molecular weight is 568 g/mol. The van der Waals surface area contributed by atoms with Crippen molar-refractivity contribution in [2.45, 2.75) is 18.9 Å². The van der Waals surface area contributed by atoms with Gasteiger partial charge in [-0.3, -0.25) is 9.59 Å². The number of carbonyl (C=O) groups is 1. The molecular formula is C29H34FN5O6. The van der Waals surface area contributed by atoms with Gasteiger partial charge in [0.2, 0.25) is 11.2 Å². The van der Waals surface area contributed by atoms with Crippen molar-refractivity contribution < 1.29 is 28.1 Å². The van der Waals surface area contributed by atoms with Crippen LogP contribution in [0.15, 0.2) is 34.3 Å². The van der Waals surface area contributed by atoms with Gasteiger partial charge in [0, 0.05) is 44.0 Å². The van der Waals surface area contributed by atoms with E-state index in [1.807, 2.05) is 16.5 Å². The molecule has 1 aliphatic heterocycles. The molecule has 0 spiro atoms. The lowest BCUT2D eigenvalue weighted by atomic mass is 10.1. The summed E-state index contributed by atoms with van der Waals surface area (Å²) in [4.78, 5) is 30.9. The molecule has 0 radical (unpaired) electrons. The number of likely N-dealkylation sites (N-methyl/N-ethyl adjacent to an activating group) is 1. The van der Waals surface area contributed by atoms with E-state index in [1.54, 1.807) is 12.1 Å². The number of hydrogen-bond acceptors (Lipinski definition) is 9. The zero-order valence-corrected chi connectivity index (χ0v) is 23.8. The minimum Gasteiger partial charge on any atom is -0.493 e. The maximum absolute atomic E-state index is 15.6. The van der Waals surface area contributed by atoms with E-state index < -0.39 is 17.2 Å². The summed E-state index contributed by atoms with van der Waals surface area (Å²) in [5, 5.41) is 4.12. The lowest BCUT2D eigenvalue weighted by molar-refractivity contribution is 0.0953. The van der Waals surface area contributed by atoms with Crippen LogP contribution in [0.5, 0.6) is 23.0 Å². The Hall–Kier alpha value is -4.32. The van der Waals surface area contributed by atoms with Crippen molar-refractivity contribution in [3.8, 4) is 23.0 Å². The summed E-state index contributed by atoms with van der Waals surface area (Å²) in [5.74, 6) is 0.308. The molecule has 41 heavy (non-hydrogen) atoms. The first-order valence-electron chi connectivity index (χ1n) is 13.3. The van der Waals surface area contributed by atoms with E-state index in [1.165, 1.54) is 46.9 Å². The predicted octanol–water partition coefficient (Wildman–Crippen LogP) is 3.03. The highest BCUT2D eigenvalue weighted by Crippen LogP contribution is 2.44. The molecule has 1 aromatic heterocycles. The smallest absolute Gasteiger partial charge is 0.276 e. The summed E-state index contributed by atoms with van der Waals surface area (Å²) in [6, 6.07) is 4.63. The number of anilines is 1. The number of aromatic nitrogens is 1. The molecule has 5 rings (SSSR count). The molecule has 1 aliphatic carbocycles. The highest BCUT2D eigenvalue weighted by Gasteiger charge is 2.32. The molecule has 11 nitrogen and oxygen atoms in total. The van der Waals surface area contributed by atoms with E-state index in [-0.39, 0.29) is 17.0 Å². The van der Waals surface area contributed by atoms with Crippen LogP contribution < -0.4 is 34.7 Å². The summed E-state index contributed by atoms with van der Waals surface area (Å²) in [6.07, 6.45) is 4.68. The van der Waals surface area contributed by atoms with Gasteiger partial charge in [0.25, 0.3) is 5.91 Å². The third-order valence-corrected chi connectivity index (χ3v) is 7.47. The molecule has 2 fully saturated rings. The molecule has 0 atom stereocenters. The van der Waals surface area contributed by atoms with Gasteiger partial charge in [0.1, 0.15) is 11.3 Å². The van der Waals surface area contributed by atoms with Gasteiger partial charge in [-0.05, 0) is 38.1 Å². The van der Waals surface area contributed by atoms with Gasteiger partial charge in [0.15, 0.2) is 23.1 Å². The largest absolute Gasteiger partial charge is 0.493 e. The minimum absolute atomic E-state index is 0.0760. The summed E-state index contributed by atoms with van der Waals surface area (Å²) in [7, 11) is 8.00. The standard InChI is InChI=1S/C29H34FN5O6/c1-33-8-10-34(11-9-33)25-21(30)14-19-24(28(25)41-5)35(18-6-7-18)16-20(26(19)36)29(37)32-31-15-17-12-22(38-2)27(40-4)23(13-17)39-3/h12-16,18H,6-11H2,1-5H3,(H,32,37)/b31-15-. The van der Waals surface area contributed by atoms with E-state index in [2.05, 4.69) is 15.4 Å². The summed E-state index contributed by atoms with van der Waals surface area (Å²) in [6.45, 7) is 2.83. The van der Waals surface area contributed by atoms with Crippen LogP contribution >= 0.6 is 0 Å². The second-order valence-corrected chi connectivity index (χ2v) is 10.1. The topological polar surface area (TPSA) is 107 Å². The lowest BCUT2D eigenvalue weighted by Gasteiger charge is -2.35. The molecule has 1 amide bonds. The minimum atomic E-state index is -0.711. The summed E-state index contributed by atoms with van der Waals surface area (Å²) in [5.41, 5.74) is 3.09. The zero-order chi connectivity index (χ0) is 29.3. The number of hydrogen-bond donors (Lipinski definition) is 1. The molecule has 1 saturated heterocycles. The monoisotopic (exact) mass is 567 g/mol. The first-order valence-corrected chi connectivity index (χ1v) is 13.3. The van der Waals surface area contributed by atoms with Gasteiger partial charge in [0.05, 0.1) is 45.6 Å². The fraction of sp³-hybridized carbons (Fsp3) is 0.414. The Kier molecular flexibility index (Phi) is 8.02. The number of hydrazone groups is 1. The maximum atomic E-state index is 15.6. The summed E-state index contributed by atoms with van der Waals surface area (Å²) < 4.78 is 39.3. The molecular weight excluding hydrogens is 533 g/mol. The molecule has 2 aliphatic rings. The third kappa shape index (κ3) is 5.39. The highest BCUT2D eigenvalue weighted by molar-refractivity contribution is 6.00. The molecule has 12 heteroatoms. The van der Waals surface area contributed by atoms with E-state index >= 15 is 4.39 Å². The molecule has 1 saturated carbocycles. The van der Waals surface area contributed by atoms with Gasteiger partial charge in [-0.2, -0.15) is 5.10 Å². The fourth-order valence-electron chi connectivity index (χ4n) is 5.17. The van der Waals surface area contributed by atoms with Gasteiger partial charge in [-0.1, -0.05) is 0 Å². The number of benzene rings is 2. The van der Waals surface area contributed by atoms with Crippen LogP contribution in [0, 0.1) is 5.82 Å². The number of nitrogens with one attached hydrogen (secondary N) is 1. The molecule has 1 N–H and O–H groups in total. The molecule has 3 aromatic rings. The van der Waals surface area contributed by atoms with Gasteiger partial charge < -0.3 is 33.3 Å². The second kappa shape index (κ2) is 11.7. The Bertz CT molecular complexity index is 1530. The number of piperazine rings is 1. The molecule has 2 heterocycles. The van der Waals surface area contributed by atoms with Gasteiger partial charge in [-0.25, -0.2) is 9.82 Å². The van der Waals surface area contributed by atoms with Crippen LogP contribution in [0.1, 0.15) is 34.8 Å². The van der Waals surface area contributed by atoms with Crippen molar-refractivity contribution in [1.82, 2.24) is 14.9 Å². The zero-order valence-electron chi connectivity index (χ0n) is 23.8. The van der Waals surface area contributed by atoms with Crippen LogP contribution in [0.3, 0.4) is 0 Å². The lowest BCUT2D eigenvalue weighted by Crippen LogP contribution is -2.45. The van der Waals surface area contributed by atoms with Crippen molar-refractivity contribution in [3.63, 3.8) is 0 Å². The number of halogens is 1. The number of nitrogens with zero attached hydrogens (tertiary/aromatic N) is 4. The quantitative estimate of drug-likeness (QED) is 0.311. The van der Waals surface area contributed by atoms with Crippen LogP contribution in [0.25, 0.3) is 10.9 Å². The van der Waals surface area contributed by atoms with Crippen molar-refractivity contribution in [3.05, 3.63) is 51.6 Å². The number of rotatable bonds is 9. The number of fused-ring (bicyclic) bond motifs is 1. The Balaban J connectivity index is 1.51. The molecule has 0 unspecified atom stereocenters. The fourth-order valence-corrected chi connectivity index (χ4v) is 5.17. The van der Waals surface area contributed by atoms with E-state index in [0.29, 0.717) is 52.9 Å². The summed E-state index contributed by atoms with van der Waals surface area (Å²) >= 11 is 0. The Morgan fingerprint density at radius 1 is 0.976 bits per heavy atom. The Labute approximate surface area is 237 Å². The van der Waals surface area contributed by atoms with Crippen LogP contribution in [0.2, 0.25) is 0 Å². The number of ether oxygens (including phenoxy) is 4. The number of pyridine rings is 1. The van der Waals surface area contributed by atoms with Crippen LogP contribution in [-0.2, 0) is 0 Å². The number of amides is 1. The van der Waals surface area contributed by atoms with E-state index in [0.717, 1.165) is 25.9 Å². The van der Waals surface area contributed by atoms with Crippen molar-refractivity contribution >= 4 is 28.7 Å². The van der Waals surface area contributed by atoms with Crippen molar-refractivity contribution in [1.29, 1.82) is 0 Å². The SMILES string of the molecule is COc1cc(/C=N\NC(=O)c2cn(C3CC3)c3c(OC)c(N4CCN(C)CC4)c(F)cc3c2=O)cc(OC)c1OC. The first-order chi connectivity index (χ1) is 19.8. The predicted molar refractivity (Wildman–Crippen MR) is 154 cm³/mol. The van der Waals surface area contributed by atoms with Crippen molar-refractivity contribution in [2.24, 2.45) is 5.10 Å². The van der Waals surface area contributed by atoms with E-state index in [4.69, 9.17) is 18.9 Å². The molecule has 2 aromatic carbocycles. The number of carbonyl (C=O) groups excluding carboxylic acids is 1. The normalized spacial score (nSPS) is 15.8.